The minimum atomic E-state index is -1.07. The first-order valence-corrected chi connectivity index (χ1v) is 13.2. The van der Waals surface area contributed by atoms with E-state index in [4.69, 9.17) is 13.9 Å². The van der Waals surface area contributed by atoms with Gasteiger partial charge in [0.15, 0.2) is 6.04 Å². The highest BCUT2D eigenvalue weighted by atomic mass is 16.5. The van der Waals surface area contributed by atoms with Crippen LogP contribution in [0.3, 0.4) is 0 Å². The van der Waals surface area contributed by atoms with Crippen LogP contribution in [0.15, 0.2) is 59.0 Å². The molecule has 0 unspecified atom stereocenters. The number of carbonyl (C=O) groups is 2. The average Bonchev–Trinajstić information content (AvgIpc) is 3.57. The predicted octanol–water partition coefficient (Wildman–Crippen LogP) is 4.57. The standard InChI is InChI=1S/C29H33N5O5/c1-19-13-14-26(39-19)28(29(36)30-20-9-5-4-6-10-20)34(21-15-22(37-2)17-23(16-21)38-3)27(35)18-33-25-12-8-7-11-24(25)31-32-33/h7-8,11-17,20,28H,4-6,9-10,18H2,1-3H3,(H,30,36)/t28-/m0/s1. The van der Waals surface area contributed by atoms with Gasteiger partial charge in [0, 0.05) is 24.2 Å². The third-order valence-electron chi connectivity index (χ3n) is 7.08. The molecule has 10 heteroatoms. The lowest BCUT2D eigenvalue weighted by Gasteiger charge is -2.32. The van der Waals surface area contributed by atoms with Gasteiger partial charge in [-0.05, 0) is 44.0 Å². The van der Waals surface area contributed by atoms with E-state index in [1.165, 1.54) is 23.8 Å². The minimum Gasteiger partial charge on any atom is -0.497 e. The number of hydrogen-bond donors (Lipinski definition) is 1. The molecule has 0 bridgehead atoms. The largest absolute Gasteiger partial charge is 0.497 e. The lowest BCUT2D eigenvalue weighted by molar-refractivity contribution is -0.128. The van der Waals surface area contributed by atoms with Crippen molar-refractivity contribution in [3.63, 3.8) is 0 Å². The molecule has 204 valence electrons. The summed E-state index contributed by atoms with van der Waals surface area (Å²) in [5.74, 6) is 1.28. The highest BCUT2D eigenvalue weighted by molar-refractivity contribution is 6.01. The molecule has 2 aromatic heterocycles. The number of nitrogens with one attached hydrogen (secondary N) is 1. The van der Waals surface area contributed by atoms with Crippen molar-refractivity contribution >= 4 is 28.5 Å². The zero-order chi connectivity index (χ0) is 27.4. The van der Waals surface area contributed by atoms with Gasteiger partial charge in [0.2, 0.25) is 5.91 Å². The van der Waals surface area contributed by atoms with Gasteiger partial charge < -0.3 is 19.2 Å². The number of aromatic nitrogens is 3. The molecular formula is C29H33N5O5. The van der Waals surface area contributed by atoms with Crippen molar-refractivity contribution in [1.82, 2.24) is 20.3 Å². The van der Waals surface area contributed by atoms with Crippen LogP contribution in [0.1, 0.15) is 49.7 Å². The number of carbonyl (C=O) groups excluding carboxylic acids is 2. The van der Waals surface area contributed by atoms with E-state index >= 15 is 0 Å². The van der Waals surface area contributed by atoms with Crippen molar-refractivity contribution in [2.75, 3.05) is 19.1 Å². The molecular weight excluding hydrogens is 498 g/mol. The molecule has 0 saturated heterocycles. The molecule has 1 saturated carbocycles. The van der Waals surface area contributed by atoms with E-state index < -0.39 is 6.04 Å². The van der Waals surface area contributed by atoms with Crippen molar-refractivity contribution in [3.8, 4) is 11.5 Å². The first kappa shape index (κ1) is 26.3. The number of methoxy groups -OCH3 is 2. The molecule has 4 aromatic rings. The van der Waals surface area contributed by atoms with Crippen molar-refractivity contribution < 1.29 is 23.5 Å². The number of rotatable bonds is 9. The number of amides is 2. The van der Waals surface area contributed by atoms with Crippen LogP contribution in [0, 0.1) is 6.92 Å². The SMILES string of the molecule is COc1cc(OC)cc(N(C(=O)Cn2nnc3ccccc32)[C@H](C(=O)NC2CCCCC2)c2ccc(C)o2)c1. The Bertz CT molecular complexity index is 1430. The Balaban J connectivity index is 1.59. The number of anilines is 1. The molecule has 0 spiro atoms. The molecule has 0 radical (unpaired) electrons. The maximum Gasteiger partial charge on any atom is 0.251 e. The van der Waals surface area contributed by atoms with Crippen molar-refractivity contribution in [2.45, 2.75) is 57.7 Å². The summed E-state index contributed by atoms with van der Waals surface area (Å²) in [4.78, 5) is 29.7. The molecule has 10 nitrogen and oxygen atoms in total. The predicted molar refractivity (Wildman–Crippen MR) is 146 cm³/mol. The molecule has 2 amide bonds. The smallest absolute Gasteiger partial charge is 0.251 e. The van der Waals surface area contributed by atoms with Gasteiger partial charge in [0.05, 0.1) is 25.4 Å². The van der Waals surface area contributed by atoms with Gasteiger partial charge in [-0.25, -0.2) is 4.68 Å². The number of nitrogens with zero attached hydrogens (tertiary/aromatic N) is 4. The number of fused-ring (bicyclic) bond motifs is 1. The summed E-state index contributed by atoms with van der Waals surface area (Å²) in [7, 11) is 3.07. The van der Waals surface area contributed by atoms with Gasteiger partial charge in [-0.1, -0.05) is 36.6 Å². The highest BCUT2D eigenvalue weighted by Crippen LogP contribution is 2.35. The summed E-state index contributed by atoms with van der Waals surface area (Å²) in [6.07, 6.45) is 5.09. The van der Waals surface area contributed by atoms with E-state index in [1.807, 2.05) is 31.2 Å². The molecule has 2 aromatic carbocycles. The van der Waals surface area contributed by atoms with Gasteiger partial charge in [-0.3, -0.25) is 14.5 Å². The van der Waals surface area contributed by atoms with E-state index in [-0.39, 0.29) is 24.4 Å². The monoisotopic (exact) mass is 531 g/mol. The normalized spacial score (nSPS) is 14.6. The fourth-order valence-corrected chi connectivity index (χ4v) is 5.11. The van der Waals surface area contributed by atoms with E-state index in [9.17, 15) is 9.59 Å². The second kappa shape index (κ2) is 11.6. The van der Waals surface area contributed by atoms with Crippen LogP contribution in [0.4, 0.5) is 5.69 Å². The summed E-state index contributed by atoms with van der Waals surface area (Å²) >= 11 is 0. The van der Waals surface area contributed by atoms with Crippen LogP contribution < -0.4 is 19.7 Å². The van der Waals surface area contributed by atoms with Crippen LogP contribution in [-0.4, -0.2) is 47.1 Å². The Hall–Kier alpha value is -4.34. The topological polar surface area (TPSA) is 112 Å². The Labute approximate surface area is 226 Å². The second-order valence-corrected chi connectivity index (χ2v) is 9.76. The van der Waals surface area contributed by atoms with Crippen molar-refractivity contribution in [3.05, 3.63) is 66.1 Å². The van der Waals surface area contributed by atoms with Gasteiger partial charge in [-0.2, -0.15) is 0 Å². The van der Waals surface area contributed by atoms with E-state index in [2.05, 4.69) is 15.6 Å². The van der Waals surface area contributed by atoms with Gasteiger partial charge in [-0.15, -0.1) is 5.10 Å². The van der Waals surface area contributed by atoms with Crippen LogP contribution in [0.25, 0.3) is 11.0 Å². The highest BCUT2D eigenvalue weighted by Gasteiger charge is 2.37. The van der Waals surface area contributed by atoms with Crippen LogP contribution in [-0.2, 0) is 16.1 Å². The molecule has 0 aliphatic heterocycles. The summed E-state index contributed by atoms with van der Waals surface area (Å²) in [5, 5.41) is 11.6. The number of ether oxygens (including phenoxy) is 2. The summed E-state index contributed by atoms with van der Waals surface area (Å²) < 4.78 is 18.5. The fraction of sp³-hybridized carbons (Fsp3) is 0.379. The number of para-hydroxylation sites is 1. The Kier molecular flexibility index (Phi) is 7.81. The molecule has 1 aliphatic carbocycles. The van der Waals surface area contributed by atoms with Crippen LogP contribution >= 0.6 is 0 Å². The van der Waals surface area contributed by atoms with E-state index in [1.54, 1.807) is 30.3 Å². The summed E-state index contributed by atoms with van der Waals surface area (Å²) in [6, 6.07) is 15.0. The fourth-order valence-electron chi connectivity index (χ4n) is 5.11. The van der Waals surface area contributed by atoms with Crippen molar-refractivity contribution in [1.29, 1.82) is 0 Å². The Morgan fingerprint density at radius 3 is 2.44 bits per heavy atom. The number of furan rings is 1. The van der Waals surface area contributed by atoms with E-state index in [0.717, 1.165) is 32.1 Å². The van der Waals surface area contributed by atoms with Crippen molar-refractivity contribution in [2.24, 2.45) is 0 Å². The lowest BCUT2D eigenvalue weighted by atomic mass is 9.95. The quantitative estimate of drug-likeness (QED) is 0.337. The van der Waals surface area contributed by atoms with Gasteiger partial charge in [0.1, 0.15) is 35.1 Å². The molecule has 39 heavy (non-hydrogen) atoms. The third kappa shape index (κ3) is 5.74. The molecule has 5 rings (SSSR count). The summed E-state index contributed by atoms with van der Waals surface area (Å²) in [6.45, 7) is 1.66. The number of aryl methyl sites for hydroxylation is 1. The first-order valence-electron chi connectivity index (χ1n) is 13.2. The first-order chi connectivity index (χ1) is 19.0. The van der Waals surface area contributed by atoms with Crippen LogP contribution in [0.5, 0.6) is 11.5 Å². The second-order valence-electron chi connectivity index (χ2n) is 9.76. The molecule has 1 fully saturated rings. The zero-order valence-corrected chi connectivity index (χ0v) is 22.4. The van der Waals surface area contributed by atoms with Gasteiger partial charge >= 0.3 is 0 Å². The molecule has 1 N–H and O–H groups in total. The number of hydrogen-bond acceptors (Lipinski definition) is 7. The third-order valence-corrected chi connectivity index (χ3v) is 7.08. The summed E-state index contributed by atoms with van der Waals surface area (Å²) in [5.41, 5.74) is 1.82. The van der Waals surface area contributed by atoms with E-state index in [0.29, 0.717) is 39.7 Å². The Morgan fingerprint density at radius 2 is 1.77 bits per heavy atom. The molecule has 1 aliphatic rings. The van der Waals surface area contributed by atoms with Crippen LogP contribution in [0.2, 0.25) is 0 Å². The van der Waals surface area contributed by atoms with Gasteiger partial charge in [0.25, 0.3) is 5.91 Å². The zero-order valence-electron chi connectivity index (χ0n) is 22.4. The minimum absolute atomic E-state index is 0.0425. The Morgan fingerprint density at radius 1 is 1.05 bits per heavy atom. The lowest BCUT2D eigenvalue weighted by Crippen LogP contribution is -2.48. The molecule has 1 atom stereocenters. The maximum atomic E-state index is 14.2. The average molecular weight is 532 g/mol. The molecule has 2 heterocycles. The maximum absolute atomic E-state index is 14.2. The number of benzene rings is 2.